The van der Waals surface area contributed by atoms with Gasteiger partial charge in [0.2, 0.25) is 0 Å². The van der Waals surface area contributed by atoms with Gasteiger partial charge in [0.25, 0.3) is 23.6 Å². The third-order valence-corrected chi connectivity index (χ3v) is 5.92. The van der Waals surface area contributed by atoms with Crippen LogP contribution in [0.25, 0.3) is 0 Å². The molecule has 5 aromatic rings. The molecule has 10 nitrogen and oxygen atoms in total. The number of carbonyl (C=O) groups excluding carboxylic acids is 4. The summed E-state index contributed by atoms with van der Waals surface area (Å²) < 4.78 is 0. The van der Waals surface area contributed by atoms with Crippen LogP contribution in [-0.2, 0) is 0 Å². The van der Waals surface area contributed by atoms with E-state index in [0.717, 1.165) is 0 Å². The van der Waals surface area contributed by atoms with Crippen LogP contribution in [0.4, 0.5) is 23.3 Å². The first kappa shape index (κ1) is 27.4. The highest BCUT2D eigenvalue weighted by Crippen LogP contribution is 2.16. The highest BCUT2D eigenvalue weighted by atomic mass is 16.2. The van der Waals surface area contributed by atoms with E-state index in [9.17, 15) is 19.2 Å². The number of carbonyl (C=O) groups is 4. The first-order chi connectivity index (χ1) is 20.4. The minimum atomic E-state index is -0.493. The molecule has 4 amide bonds. The number of amides is 4. The molecule has 5 rings (SSSR count). The van der Waals surface area contributed by atoms with Gasteiger partial charge < -0.3 is 21.3 Å². The second-order valence-electron chi connectivity index (χ2n) is 8.95. The van der Waals surface area contributed by atoms with Gasteiger partial charge in [0.15, 0.2) is 0 Å². The minimum absolute atomic E-state index is 0.222. The van der Waals surface area contributed by atoms with Gasteiger partial charge in [-0.1, -0.05) is 54.6 Å². The van der Waals surface area contributed by atoms with E-state index >= 15 is 0 Å². The Bertz CT molecular complexity index is 1630. The summed E-state index contributed by atoms with van der Waals surface area (Å²) in [6, 6.07) is 33.2. The molecular weight excluding hydrogens is 532 g/mol. The Kier molecular flexibility index (Phi) is 8.35. The summed E-state index contributed by atoms with van der Waals surface area (Å²) >= 11 is 0. The fourth-order valence-electron chi connectivity index (χ4n) is 3.88. The van der Waals surface area contributed by atoms with Crippen molar-refractivity contribution in [2.45, 2.75) is 0 Å². The average Bonchev–Trinajstić information content (AvgIpc) is 3.02. The van der Waals surface area contributed by atoms with E-state index in [-0.39, 0.29) is 46.2 Å². The lowest BCUT2D eigenvalue weighted by Gasteiger charge is -2.10. The van der Waals surface area contributed by atoms with E-state index < -0.39 is 11.8 Å². The van der Waals surface area contributed by atoms with E-state index in [2.05, 4.69) is 31.2 Å². The smallest absolute Gasteiger partial charge is 0.256 e. The van der Waals surface area contributed by atoms with Crippen molar-refractivity contribution in [3.63, 3.8) is 0 Å². The normalized spacial score (nSPS) is 10.3. The SMILES string of the molecule is O=C(Nc1cccc(NC(=O)c2cccc(C(=O)Nc3cccc(NC(=O)c4ccccc4)n3)c2)n1)c1ccccc1. The van der Waals surface area contributed by atoms with Crippen molar-refractivity contribution in [1.82, 2.24) is 9.97 Å². The van der Waals surface area contributed by atoms with Crippen LogP contribution in [0.2, 0.25) is 0 Å². The van der Waals surface area contributed by atoms with Crippen LogP contribution in [0.3, 0.4) is 0 Å². The van der Waals surface area contributed by atoms with Gasteiger partial charge in [0.05, 0.1) is 0 Å². The zero-order valence-corrected chi connectivity index (χ0v) is 22.1. The van der Waals surface area contributed by atoms with Gasteiger partial charge in [-0.2, -0.15) is 0 Å². The lowest BCUT2D eigenvalue weighted by atomic mass is 10.1. The molecule has 0 atom stereocenters. The fraction of sp³-hybridized carbons (Fsp3) is 0. The molecule has 0 bridgehead atoms. The first-order valence-corrected chi connectivity index (χ1v) is 12.8. The van der Waals surface area contributed by atoms with Gasteiger partial charge in [0.1, 0.15) is 23.3 Å². The Hall–Kier alpha value is -6.16. The molecule has 0 fully saturated rings. The maximum absolute atomic E-state index is 12.9. The quantitative estimate of drug-likeness (QED) is 0.199. The number of nitrogens with one attached hydrogen (secondary N) is 4. The topological polar surface area (TPSA) is 142 Å². The molecule has 0 unspecified atom stereocenters. The molecule has 0 saturated heterocycles. The predicted molar refractivity (Wildman–Crippen MR) is 160 cm³/mol. The van der Waals surface area contributed by atoms with Crippen molar-refractivity contribution in [3.8, 4) is 0 Å². The van der Waals surface area contributed by atoms with Gasteiger partial charge in [-0.3, -0.25) is 19.2 Å². The predicted octanol–water partition coefficient (Wildman–Crippen LogP) is 5.49. The van der Waals surface area contributed by atoms with Gasteiger partial charge in [-0.05, 0) is 66.7 Å². The van der Waals surface area contributed by atoms with Crippen LogP contribution in [0.1, 0.15) is 41.4 Å². The molecule has 2 aromatic heterocycles. The summed E-state index contributed by atoms with van der Waals surface area (Å²) in [7, 11) is 0. The molecule has 3 aromatic carbocycles. The van der Waals surface area contributed by atoms with E-state index in [1.165, 1.54) is 6.07 Å². The standard InChI is InChI=1S/C32H24N6O4/c39-29(21-10-3-1-4-11-21)35-25-16-8-18-27(33-25)37-31(41)23-14-7-15-24(20-23)32(42)38-28-19-9-17-26(34-28)36-30(40)22-12-5-2-6-13-22/h1-20H,(H2,33,35,37,39,41)(H2,34,36,38,40,42). The molecule has 4 N–H and O–H groups in total. The number of pyridine rings is 2. The average molecular weight is 557 g/mol. The summed E-state index contributed by atoms with van der Waals surface area (Å²) in [6.07, 6.45) is 0. The Morgan fingerprint density at radius 1 is 0.357 bits per heavy atom. The molecule has 0 spiro atoms. The number of aromatic nitrogens is 2. The van der Waals surface area contributed by atoms with Gasteiger partial charge in [-0.25, -0.2) is 9.97 Å². The molecule has 0 aliphatic heterocycles. The fourth-order valence-corrected chi connectivity index (χ4v) is 3.88. The third-order valence-electron chi connectivity index (χ3n) is 5.92. The van der Waals surface area contributed by atoms with E-state index in [1.807, 2.05) is 12.1 Å². The number of hydrogen-bond donors (Lipinski definition) is 4. The third kappa shape index (κ3) is 7.07. The largest absolute Gasteiger partial charge is 0.306 e. The van der Waals surface area contributed by atoms with Crippen molar-refractivity contribution < 1.29 is 19.2 Å². The van der Waals surface area contributed by atoms with Gasteiger partial charge in [0, 0.05) is 22.3 Å². The number of benzene rings is 3. The Labute approximate surface area is 240 Å². The van der Waals surface area contributed by atoms with Crippen molar-refractivity contribution in [3.05, 3.63) is 144 Å². The number of rotatable bonds is 8. The highest BCUT2D eigenvalue weighted by Gasteiger charge is 2.14. The van der Waals surface area contributed by atoms with Crippen LogP contribution >= 0.6 is 0 Å². The molecule has 206 valence electrons. The van der Waals surface area contributed by atoms with E-state index in [1.54, 1.807) is 103 Å². The first-order valence-electron chi connectivity index (χ1n) is 12.8. The van der Waals surface area contributed by atoms with Crippen molar-refractivity contribution in [2.24, 2.45) is 0 Å². The Morgan fingerprint density at radius 2 is 0.643 bits per heavy atom. The monoisotopic (exact) mass is 556 g/mol. The number of nitrogens with zero attached hydrogens (tertiary/aromatic N) is 2. The van der Waals surface area contributed by atoms with Crippen LogP contribution in [0.5, 0.6) is 0 Å². The lowest BCUT2D eigenvalue weighted by molar-refractivity contribution is 0.101. The van der Waals surface area contributed by atoms with Crippen molar-refractivity contribution >= 4 is 46.9 Å². The molecular formula is C32H24N6O4. The van der Waals surface area contributed by atoms with Crippen molar-refractivity contribution in [2.75, 3.05) is 21.3 Å². The summed E-state index contributed by atoms with van der Waals surface area (Å²) in [4.78, 5) is 59.3. The Morgan fingerprint density at radius 3 is 1.00 bits per heavy atom. The highest BCUT2D eigenvalue weighted by molar-refractivity contribution is 6.09. The summed E-state index contributed by atoms with van der Waals surface area (Å²) in [5.74, 6) is -0.667. The molecule has 42 heavy (non-hydrogen) atoms. The lowest BCUT2D eigenvalue weighted by Crippen LogP contribution is -2.18. The van der Waals surface area contributed by atoms with Gasteiger partial charge >= 0.3 is 0 Å². The van der Waals surface area contributed by atoms with Crippen LogP contribution < -0.4 is 21.3 Å². The maximum atomic E-state index is 12.9. The van der Waals surface area contributed by atoms with Crippen LogP contribution in [0.15, 0.2) is 121 Å². The van der Waals surface area contributed by atoms with Crippen molar-refractivity contribution in [1.29, 1.82) is 0 Å². The second kappa shape index (κ2) is 12.8. The Balaban J connectivity index is 1.22. The second-order valence-corrected chi connectivity index (χ2v) is 8.95. The van der Waals surface area contributed by atoms with E-state index in [4.69, 9.17) is 0 Å². The maximum Gasteiger partial charge on any atom is 0.256 e. The van der Waals surface area contributed by atoms with E-state index in [0.29, 0.717) is 11.1 Å². The van der Waals surface area contributed by atoms with Gasteiger partial charge in [-0.15, -0.1) is 0 Å². The summed E-state index contributed by atoms with van der Waals surface area (Å²) in [5, 5.41) is 10.8. The summed E-state index contributed by atoms with van der Waals surface area (Å²) in [6.45, 7) is 0. The number of anilines is 4. The molecule has 2 heterocycles. The molecule has 0 aliphatic carbocycles. The zero-order chi connectivity index (χ0) is 29.3. The molecule has 0 saturated carbocycles. The molecule has 0 aliphatic rings. The minimum Gasteiger partial charge on any atom is -0.306 e. The number of hydrogen-bond acceptors (Lipinski definition) is 6. The zero-order valence-electron chi connectivity index (χ0n) is 22.1. The molecule has 10 heteroatoms. The molecule has 0 radical (unpaired) electrons. The van der Waals surface area contributed by atoms with Crippen LogP contribution in [-0.4, -0.2) is 33.6 Å². The van der Waals surface area contributed by atoms with Crippen LogP contribution in [0, 0.1) is 0 Å². The summed E-state index contributed by atoms with van der Waals surface area (Å²) in [5.41, 5.74) is 1.39.